The Morgan fingerprint density at radius 1 is 0.964 bits per heavy atom. The quantitative estimate of drug-likeness (QED) is 0.370. The summed E-state index contributed by atoms with van der Waals surface area (Å²) in [6, 6.07) is 15.3. The third-order valence-corrected chi connectivity index (χ3v) is 4.12. The number of aromatic amines is 1. The number of hydrogen-bond acceptors (Lipinski definition) is 5. The van der Waals surface area contributed by atoms with Crippen LogP contribution in [0.4, 0.5) is 11.5 Å². The van der Waals surface area contributed by atoms with Crippen molar-refractivity contribution in [2.75, 3.05) is 5.32 Å². The van der Waals surface area contributed by atoms with Crippen LogP contribution >= 0.6 is 0 Å². The second-order valence-corrected chi connectivity index (χ2v) is 5.85. The van der Waals surface area contributed by atoms with Gasteiger partial charge in [-0.1, -0.05) is 36.4 Å². The predicted molar refractivity (Wildman–Crippen MR) is 108 cm³/mol. The van der Waals surface area contributed by atoms with E-state index < -0.39 is 5.97 Å². The van der Waals surface area contributed by atoms with E-state index in [1.807, 2.05) is 6.07 Å². The molecule has 0 saturated heterocycles. The van der Waals surface area contributed by atoms with Gasteiger partial charge in [0.15, 0.2) is 5.78 Å². The van der Waals surface area contributed by atoms with Gasteiger partial charge in [0, 0.05) is 17.4 Å². The van der Waals surface area contributed by atoms with Crippen LogP contribution in [0.15, 0.2) is 67.1 Å². The van der Waals surface area contributed by atoms with Gasteiger partial charge in [-0.3, -0.25) is 4.79 Å². The number of H-pyrrole nitrogens is 1. The number of carboxylic acids is 1. The van der Waals surface area contributed by atoms with E-state index in [9.17, 15) is 9.59 Å². The Morgan fingerprint density at radius 3 is 2.46 bits per heavy atom. The number of nitrogens with zero attached hydrogens (tertiary/aromatic N) is 2. The minimum absolute atomic E-state index is 0. The van der Waals surface area contributed by atoms with Gasteiger partial charge in [0.1, 0.15) is 17.8 Å². The first-order valence-electron chi connectivity index (χ1n) is 8.15. The molecule has 2 aromatic heterocycles. The number of carbonyl (C=O) groups is 2. The Labute approximate surface area is 172 Å². The molecular formula is C20H15LiN4O3. The summed E-state index contributed by atoms with van der Waals surface area (Å²) in [5.41, 5.74) is 2.21. The average molecular weight is 366 g/mol. The predicted octanol–water partition coefficient (Wildman–Crippen LogP) is 2.98. The number of nitrogens with one attached hydrogen (secondary N) is 2. The monoisotopic (exact) mass is 366 g/mol. The summed E-state index contributed by atoms with van der Waals surface area (Å²) >= 11 is 0. The second-order valence-electron chi connectivity index (χ2n) is 5.85. The first-order valence-corrected chi connectivity index (χ1v) is 8.15. The summed E-state index contributed by atoms with van der Waals surface area (Å²) < 4.78 is 0. The maximum absolute atomic E-state index is 12.9. The molecule has 134 valence electrons. The van der Waals surface area contributed by atoms with Crippen LogP contribution in [0.25, 0.3) is 11.0 Å². The zero-order valence-electron chi connectivity index (χ0n) is 14.0. The van der Waals surface area contributed by atoms with Crippen LogP contribution in [-0.4, -0.2) is 50.7 Å². The number of ketones is 1. The van der Waals surface area contributed by atoms with E-state index in [2.05, 4.69) is 20.3 Å². The fourth-order valence-corrected chi connectivity index (χ4v) is 2.85. The summed E-state index contributed by atoms with van der Waals surface area (Å²) in [7, 11) is 0. The molecule has 0 amide bonds. The number of anilines is 2. The Balaban J connectivity index is 0.00000225. The summed E-state index contributed by atoms with van der Waals surface area (Å²) in [4.78, 5) is 35.5. The molecule has 0 unspecified atom stereocenters. The zero-order chi connectivity index (χ0) is 18.8. The Kier molecular flexibility index (Phi) is 5.59. The van der Waals surface area contributed by atoms with E-state index in [4.69, 9.17) is 5.11 Å². The molecule has 7 nitrogen and oxygen atoms in total. The van der Waals surface area contributed by atoms with Gasteiger partial charge >= 0.3 is 24.8 Å². The van der Waals surface area contributed by atoms with Gasteiger partial charge in [0.25, 0.3) is 0 Å². The Morgan fingerprint density at radius 2 is 1.71 bits per heavy atom. The number of carbonyl (C=O) groups excluding carboxylic acids is 1. The number of benzene rings is 2. The number of hydrogen-bond donors (Lipinski definition) is 3. The van der Waals surface area contributed by atoms with E-state index in [0.717, 1.165) is 0 Å². The molecule has 4 rings (SSSR count). The van der Waals surface area contributed by atoms with E-state index in [1.54, 1.807) is 42.6 Å². The molecule has 0 fully saturated rings. The molecule has 0 aliphatic rings. The van der Waals surface area contributed by atoms with Gasteiger partial charge in [-0.05, 0) is 18.2 Å². The van der Waals surface area contributed by atoms with E-state index >= 15 is 0 Å². The minimum atomic E-state index is -1.02. The van der Waals surface area contributed by atoms with Crippen LogP contribution in [0, 0.1) is 0 Å². The van der Waals surface area contributed by atoms with Gasteiger partial charge in [0.2, 0.25) is 0 Å². The molecule has 28 heavy (non-hydrogen) atoms. The van der Waals surface area contributed by atoms with Gasteiger partial charge in [-0.25, -0.2) is 14.8 Å². The molecule has 2 heterocycles. The molecule has 4 aromatic rings. The van der Waals surface area contributed by atoms with Crippen LogP contribution in [0.1, 0.15) is 26.3 Å². The summed E-state index contributed by atoms with van der Waals surface area (Å²) in [5, 5.41) is 12.8. The zero-order valence-corrected chi connectivity index (χ0v) is 14.0. The second kappa shape index (κ2) is 8.09. The summed E-state index contributed by atoms with van der Waals surface area (Å²) in [6.07, 6.45) is 2.98. The number of aromatic nitrogens is 3. The molecule has 0 aliphatic carbocycles. The van der Waals surface area contributed by atoms with Crippen molar-refractivity contribution in [2.45, 2.75) is 0 Å². The van der Waals surface area contributed by atoms with Crippen LogP contribution in [0.3, 0.4) is 0 Å². The van der Waals surface area contributed by atoms with Crippen LogP contribution in [0.2, 0.25) is 0 Å². The van der Waals surface area contributed by atoms with Gasteiger partial charge in [-0.2, -0.15) is 0 Å². The van der Waals surface area contributed by atoms with Crippen LogP contribution < -0.4 is 5.32 Å². The summed E-state index contributed by atoms with van der Waals surface area (Å²) in [5.74, 6) is -0.755. The summed E-state index contributed by atoms with van der Waals surface area (Å²) in [6.45, 7) is 0. The Hall–Kier alpha value is -3.40. The standard InChI is InChI=1S/C20H14N4O3.Li.H/c25-17(12-5-2-1-3-6-12)15-10-21-18-16(15)19(23-11-22-18)24-14-8-4-7-13(9-14)20(26)27;;/h1-11H,(H,26,27)(H2,21,22,23,24);;. The number of rotatable bonds is 5. The first kappa shape index (κ1) is 19.4. The van der Waals surface area contributed by atoms with Crippen molar-refractivity contribution >= 4 is 53.2 Å². The Bertz CT molecular complexity index is 1160. The molecule has 0 radical (unpaired) electrons. The SMILES string of the molecule is O=C(O)c1cccc(Nc2ncnc3[nH]cc(C(=O)c4ccccc4)c23)c1.[LiH]. The third kappa shape index (κ3) is 3.67. The van der Waals surface area contributed by atoms with Crippen LogP contribution in [-0.2, 0) is 0 Å². The topological polar surface area (TPSA) is 108 Å². The van der Waals surface area contributed by atoms with Crippen molar-refractivity contribution < 1.29 is 14.7 Å². The first-order chi connectivity index (χ1) is 13.1. The molecule has 0 bridgehead atoms. The third-order valence-electron chi connectivity index (χ3n) is 4.12. The van der Waals surface area contributed by atoms with Gasteiger partial charge < -0.3 is 15.4 Å². The molecule has 0 spiro atoms. The normalized spacial score (nSPS) is 10.3. The van der Waals surface area contributed by atoms with Gasteiger partial charge in [0.05, 0.1) is 16.5 Å². The number of aromatic carboxylic acids is 1. The fraction of sp³-hybridized carbons (Fsp3) is 0. The van der Waals surface area contributed by atoms with Crippen molar-refractivity contribution in [1.29, 1.82) is 0 Å². The van der Waals surface area contributed by atoms with Crippen molar-refractivity contribution in [1.82, 2.24) is 15.0 Å². The molecule has 3 N–H and O–H groups in total. The fourth-order valence-electron chi connectivity index (χ4n) is 2.85. The van der Waals surface area contributed by atoms with Crippen molar-refractivity contribution in [3.63, 3.8) is 0 Å². The number of fused-ring (bicyclic) bond motifs is 1. The van der Waals surface area contributed by atoms with E-state index in [0.29, 0.717) is 33.7 Å². The average Bonchev–Trinajstić information content (AvgIpc) is 3.13. The molecule has 0 saturated carbocycles. The van der Waals surface area contributed by atoms with Crippen molar-refractivity contribution in [3.8, 4) is 0 Å². The maximum atomic E-state index is 12.9. The van der Waals surface area contributed by atoms with Crippen molar-refractivity contribution in [2.24, 2.45) is 0 Å². The molecule has 2 aromatic carbocycles. The van der Waals surface area contributed by atoms with E-state index in [1.165, 1.54) is 18.5 Å². The van der Waals surface area contributed by atoms with Gasteiger partial charge in [-0.15, -0.1) is 0 Å². The molecule has 0 atom stereocenters. The number of carboxylic acid groups (broad SMARTS) is 1. The van der Waals surface area contributed by atoms with Crippen molar-refractivity contribution in [3.05, 3.63) is 83.8 Å². The molecule has 0 aliphatic heterocycles. The molecular weight excluding hydrogens is 351 g/mol. The van der Waals surface area contributed by atoms with Crippen LogP contribution in [0.5, 0.6) is 0 Å². The van der Waals surface area contributed by atoms with E-state index in [-0.39, 0.29) is 30.2 Å². The molecule has 8 heteroatoms.